The van der Waals surface area contributed by atoms with Gasteiger partial charge in [0.2, 0.25) is 0 Å². The Labute approximate surface area is 183 Å². The van der Waals surface area contributed by atoms with Gasteiger partial charge in [0.1, 0.15) is 5.60 Å². The zero-order chi connectivity index (χ0) is 21.8. The van der Waals surface area contributed by atoms with Crippen molar-refractivity contribution in [3.8, 4) is 0 Å². The highest BCUT2D eigenvalue weighted by molar-refractivity contribution is 7.09. The zero-order valence-electron chi connectivity index (χ0n) is 18.4. The van der Waals surface area contributed by atoms with Crippen LogP contribution < -0.4 is 10.6 Å². The van der Waals surface area contributed by atoms with Crippen molar-refractivity contribution in [2.24, 2.45) is 4.99 Å². The van der Waals surface area contributed by atoms with Crippen LogP contribution in [0.4, 0.5) is 4.79 Å². The first-order chi connectivity index (χ1) is 14.4. The summed E-state index contributed by atoms with van der Waals surface area (Å²) in [7, 11) is 0. The van der Waals surface area contributed by atoms with Gasteiger partial charge in [0, 0.05) is 36.9 Å². The van der Waals surface area contributed by atoms with Crippen molar-refractivity contribution in [1.82, 2.24) is 20.5 Å². The van der Waals surface area contributed by atoms with Crippen LogP contribution in [-0.2, 0) is 17.8 Å². The SMILES string of the molecule is CCNC(=NCc1cccs1)NCCCN(Cc1cccnc1)C(=O)OC(C)(C)C. The number of pyridine rings is 1. The first kappa shape index (κ1) is 23.7. The molecule has 0 radical (unpaired) electrons. The van der Waals surface area contributed by atoms with Gasteiger partial charge in [0.25, 0.3) is 0 Å². The molecule has 0 bridgehead atoms. The molecule has 2 rings (SSSR count). The molecule has 0 saturated carbocycles. The van der Waals surface area contributed by atoms with E-state index in [-0.39, 0.29) is 6.09 Å². The number of thiophene rings is 1. The Kier molecular flexibility index (Phi) is 9.60. The average molecular weight is 432 g/mol. The number of rotatable bonds is 9. The zero-order valence-corrected chi connectivity index (χ0v) is 19.2. The summed E-state index contributed by atoms with van der Waals surface area (Å²) in [6, 6.07) is 7.94. The second-order valence-corrected chi connectivity index (χ2v) is 8.85. The number of nitrogens with zero attached hydrogens (tertiary/aromatic N) is 3. The third-order valence-corrected chi connectivity index (χ3v) is 4.82. The molecule has 0 unspecified atom stereocenters. The maximum absolute atomic E-state index is 12.7. The fraction of sp³-hybridized carbons (Fsp3) is 0.500. The van der Waals surface area contributed by atoms with Gasteiger partial charge in [-0.15, -0.1) is 11.3 Å². The average Bonchev–Trinajstić information content (AvgIpc) is 3.21. The number of guanidine groups is 1. The number of ether oxygens (including phenoxy) is 1. The molecule has 7 nitrogen and oxygen atoms in total. The van der Waals surface area contributed by atoms with Crippen molar-refractivity contribution in [3.63, 3.8) is 0 Å². The van der Waals surface area contributed by atoms with E-state index in [2.05, 4.69) is 32.1 Å². The van der Waals surface area contributed by atoms with Gasteiger partial charge in [-0.05, 0) is 57.2 Å². The molecule has 0 aliphatic rings. The highest BCUT2D eigenvalue weighted by Gasteiger charge is 2.22. The Morgan fingerprint density at radius 3 is 2.73 bits per heavy atom. The van der Waals surface area contributed by atoms with Crippen LogP contribution in [0.5, 0.6) is 0 Å². The lowest BCUT2D eigenvalue weighted by molar-refractivity contribution is 0.0232. The van der Waals surface area contributed by atoms with Gasteiger partial charge in [-0.2, -0.15) is 0 Å². The van der Waals surface area contributed by atoms with Gasteiger partial charge in [0.15, 0.2) is 5.96 Å². The monoisotopic (exact) mass is 431 g/mol. The van der Waals surface area contributed by atoms with Crippen LogP contribution in [0.3, 0.4) is 0 Å². The van der Waals surface area contributed by atoms with E-state index >= 15 is 0 Å². The molecule has 0 atom stereocenters. The molecular formula is C22H33N5O2S. The van der Waals surface area contributed by atoms with Crippen LogP contribution >= 0.6 is 11.3 Å². The predicted molar refractivity (Wildman–Crippen MR) is 123 cm³/mol. The summed E-state index contributed by atoms with van der Waals surface area (Å²) < 4.78 is 5.58. The van der Waals surface area contributed by atoms with Crippen molar-refractivity contribution < 1.29 is 9.53 Å². The number of hydrogen-bond donors (Lipinski definition) is 2. The van der Waals surface area contributed by atoms with Crippen molar-refractivity contribution >= 4 is 23.4 Å². The molecule has 2 heterocycles. The van der Waals surface area contributed by atoms with Crippen LogP contribution in [0.15, 0.2) is 47.0 Å². The Morgan fingerprint density at radius 2 is 2.10 bits per heavy atom. The topological polar surface area (TPSA) is 78.9 Å². The van der Waals surface area contributed by atoms with Gasteiger partial charge >= 0.3 is 6.09 Å². The number of carbonyl (C=O) groups excluding carboxylic acids is 1. The van der Waals surface area contributed by atoms with Gasteiger partial charge in [0.05, 0.1) is 13.1 Å². The molecule has 0 aliphatic carbocycles. The van der Waals surface area contributed by atoms with Crippen LogP contribution in [-0.4, -0.2) is 47.2 Å². The van der Waals surface area contributed by atoms with Crippen molar-refractivity contribution in [2.45, 2.75) is 52.8 Å². The van der Waals surface area contributed by atoms with Crippen LogP contribution in [0.1, 0.15) is 44.6 Å². The fourth-order valence-electron chi connectivity index (χ4n) is 2.65. The molecule has 2 N–H and O–H groups in total. The highest BCUT2D eigenvalue weighted by Crippen LogP contribution is 2.13. The molecule has 30 heavy (non-hydrogen) atoms. The van der Waals surface area contributed by atoms with Gasteiger partial charge in [-0.1, -0.05) is 12.1 Å². The summed E-state index contributed by atoms with van der Waals surface area (Å²) in [6.07, 6.45) is 3.95. The van der Waals surface area contributed by atoms with E-state index in [0.29, 0.717) is 26.2 Å². The van der Waals surface area contributed by atoms with Crippen molar-refractivity contribution in [1.29, 1.82) is 0 Å². The maximum atomic E-state index is 12.7. The van der Waals surface area contributed by atoms with Crippen molar-refractivity contribution in [2.75, 3.05) is 19.6 Å². The Hall–Kier alpha value is -2.61. The fourth-order valence-corrected chi connectivity index (χ4v) is 3.28. The normalized spacial score (nSPS) is 11.8. The Morgan fingerprint density at radius 1 is 1.27 bits per heavy atom. The molecule has 1 amide bonds. The lowest BCUT2D eigenvalue weighted by atomic mass is 10.2. The molecule has 164 valence electrons. The Balaban J connectivity index is 1.89. The van der Waals surface area contributed by atoms with E-state index in [9.17, 15) is 4.79 Å². The maximum Gasteiger partial charge on any atom is 0.410 e. The molecular weight excluding hydrogens is 398 g/mol. The molecule has 2 aromatic rings. The van der Waals surface area contributed by atoms with Gasteiger partial charge in [-0.25, -0.2) is 9.79 Å². The number of nitrogens with one attached hydrogen (secondary N) is 2. The number of hydrogen-bond acceptors (Lipinski definition) is 5. The first-order valence-corrected chi connectivity index (χ1v) is 11.2. The second-order valence-electron chi connectivity index (χ2n) is 7.82. The first-order valence-electron chi connectivity index (χ1n) is 10.3. The van der Waals surface area contributed by atoms with E-state index in [1.807, 2.05) is 45.9 Å². The molecule has 0 aliphatic heterocycles. The summed E-state index contributed by atoms with van der Waals surface area (Å²) in [5, 5.41) is 8.65. The van der Waals surface area contributed by atoms with Crippen LogP contribution in [0, 0.1) is 0 Å². The Bertz CT molecular complexity index is 773. The van der Waals surface area contributed by atoms with E-state index in [4.69, 9.17) is 4.74 Å². The van der Waals surface area contributed by atoms with Gasteiger partial charge < -0.3 is 20.3 Å². The summed E-state index contributed by atoms with van der Waals surface area (Å²) in [4.78, 5) is 24.4. The molecule has 8 heteroatoms. The summed E-state index contributed by atoms with van der Waals surface area (Å²) in [5.74, 6) is 0.780. The van der Waals surface area contributed by atoms with Crippen LogP contribution in [0.25, 0.3) is 0 Å². The minimum atomic E-state index is -0.533. The van der Waals surface area contributed by atoms with E-state index in [1.54, 1.807) is 28.6 Å². The molecule has 0 fully saturated rings. The summed E-state index contributed by atoms with van der Waals surface area (Å²) >= 11 is 1.70. The highest BCUT2D eigenvalue weighted by atomic mass is 32.1. The molecule has 0 saturated heterocycles. The minimum absolute atomic E-state index is 0.315. The number of carbonyl (C=O) groups is 1. The predicted octanol–water partition coefficient (Wildman–Crippen LogP) is 4.03. The van der Waals surface area contributed by atoms with E-state index < -0.39 is 5.60 Å². The van der Waals surface area contributed by atoms with Crippen LogP contribution in [0.2, 0.25) is 0 Å². The third kappa shape index (κ3) is 9.26. The third-order valence-electron chi connectivity index (χ3n) is 3.96. The lowest BCUT2D eigenvalue weighted by Crippen LogP contribution is -2.40. The quantitative estimate of drug-likeness (QED) is 0.356. The van der Waals surface area contributed by atoms with Crippen molar-refractivity contribution in [3.05, 3.63) is 52.5 Å². The summed E-state index contributed by atoms with van der Waals surface area (Å²) in [6.45, 7) is 10.9. The van der Waals surface area contributed by atoms with E-state index in [0.717, 1.165) is 24.5 Å². The molecule has 0 aromatic carbocycles. The molecule has 2 aromatic heterocycles. The van der Waals surface area contributed by atoms with Gasteiger partial charge in [-0.3, -0.25) is 4.98 Å². The second kappa shape index (κ2) is 12.2. The smallest absolute Gasteiger partial charge is 0.410 e. The largest absolute Gasteiger partial charge is 0.444 e. The standard InChI is InChI=1S/C22H33N5O2S/c1-5-24-20(26-16-19-10-7-14-30-19)25-12-8-13-27(21(28)29-22(2,3)4)17-18-9-6-11-23-15-18/h6-7,9-11,14-15H,5,8,12-13,16-17H2,1-4H3,(H2,24,25,26). The number of aromatic nitrogens is 1. The lowest BCUT2D eigenvalue weighted by Gasteiger charge is -2.27. The summed E-state index contributed by atoms with van der Waals surface area (Å²) in [5.41, 5.74) is 0.442. The van der Waals surface area contributed by atoms with E-state index in [1.165, 1.54) is 4.88 Å². The molecule has 0 spiro atoms. The number of aliphatic imine (C=N–C) groups is 1. The number of amides is 1. The minimum Gasteiger partial charge on any atom is -0.444 e.